The Morgan fingerprint density at radius 1 is 0.571 bits per heavy atom. The number of aliphatic hydroxyl groups excluding tert-OH is 3. The van der Waals surface area contributed by atoms with E-state index in [0.717, 1.165) is 32.1 Å². The molecule has 0 aromatic rings. The summed E-state index contributed by atoms with van der Waals surface area (Å²) in [7, 11) is 0. The minimum Gasteiger partial charge on any atom is -0.394 e. The lowest BCUT2D eigenvalue weighted by molar-refractivity contribution is -0.131. The lowest BCUT2D eigenvalue weighted by Gasteiger charge is -2.23. The molecule has 0 fully saturated rings. The van der Waals surface area contributed by atoms with Crippen molar-refractivity contribution >= 4 is 5.91 Å². The number of hydrogen-bond donors (Lipinski definition) is 4. The molecule has 210 valence electrons. The molecule has 0 spiro atoms. The minimum absolute atomic E-state index is 0.310. The van der Waals surface area contributed by atoms with Crippen molar-refractivity contribution in [1.82, 2.24) is 5.32 Å². The minimum atomic E-state index is -1.06. The first-order valence-corrected chi connectivity index (χ1v) is 15.3. The first-order valence-electron chi connectivity index (χ1n) is 15.3. The lowest BCUT2D eigenvalue weighted by atomic mass is 10.0. The molecule has 3 atom stereocenters. The monoisotopic (exact) mass is 499 g/mol. The first-order chi connectivity index (χ1) is 17.1. The van der Waals surface area contributed by atoms with Crippen LogP contribution in [0.3, 0.4) is 0 Å². The Bertz CT molecular complexity index is 446. The number of unbranched alkanes of at least 4 members (excludes halogenated alkanes) is 19. The maximum absolute atomic E-state index is 12.3. The summed E-state index contributed by atoms with van der Waals surface area (Å²) >= 11 is 0. The Labute approximate surface area is 217 Å². The Morgan fingerprint density at radius 2 is 0.914 bits per heavy atom. The van der Waals surface area contributed by atoms with Crippen molar-refractivity contribution in [1.29, 1.82) is 0 Å². The quantitative estimate of drug-likeness (QED) is 0.0900. The maximum Gasteiger partial charge on any atom is 0.249 e. The summed E-state index contributed by atoms with van der Waals surface area (Å²) in [6.45, 7) is 4.17. The Kier molecular flexibility index (Phi) is 25.9. The van der Waals surface area contributed by atoms with Gasteiger partial charge in [-0.15, -0.1) is 0 Å². The Balaban J connectivity index is 3.74. The fraction of sp³-hybridized carbons (Fsp3) is 0.967. The van der Waals surface area contributed by atoms with Crippen LogP contribution in [0.2, 0.25) is 0 Å². The molecule has 4 N–H and O–H groups in total. The molecule has 0 bridgehead atoms. The summed E-state index contributed by atoms with van der Waals surface area (Å²) in [6.07, 6.45) is 25.1. The average molecular weight is 500 g/mol. The summed E-state index contributed by atoms with van der Waals surface area (Å²) < 4.78 is 0. The van der Waals surface area contributed by atoms with Gasteiger partial charge in [-0.1, -0.05) is 149 Å². The molecular formula is C30H61NO4. The van der Waals surface area contributed by atoms with Gasteiger partial charge in [0.2, 0.25) is 5.91 Å². The molecule has 1 amide bonds. The summed E-state index contributed by atoms with van der Waals surface area (Å²) in [4.78, 5) is 12.3. The highest BCUT2D eigenvalue weighted by molar-refractivity contribution is 5.80. The van der Waals surface area contributed by atoms with E-state index in [2.05, 4.69) is 19.2 Å². The summed E-state index contributed by atoms with van der Waals surface area (Å²) in [5.74, 6) is -0.475. The third kappa shape index (κ3) is 22.3. The van der Waals surface area contributed by atoms with Crippen molar-refractivity contribution in [2.45, 2.75) is 180 Å². The second-order valence-corrected chi connectivity index (χ2v) is 10.7. The predicted octanol–water partition coefficient (Wildman–Crippen LogP) is 7.20. The molecule has 0 saturated carbocycles. The van der Waals surface area contributed by atoms with Gasteiger partial charge in [0.15, 0.2) is 0 Å². The maximum atomic E-state index is 12.3. The third-order valence-corrected chi connectivity index (χ3v) is 7.23. The van der Waals surface area contributed by atoms with E-state index in [4.69, 9.17) is 0 Å². The second kappa shape index (κ2) is 26.4. The first kappa shape index (κ1) is 34.4. The van der Waals surface area contributed by atoms with E-state index in [1.54, 1.807) is 0 Å². The van der Waals surface area contributed by atoms with Crippen molar-refractivity contribution in [2.75, 3.05) is 6.61 Å². The molecule has 0 aliphatic carbocycles. The largest absolute Gasteiger partial charge is 0.394 e. The predicted molar refractivity (Wildman–Crippen MR) is 149 cm³/mol. The smallest absolute Gasteiger partial charge is 0.249 e. The van der Waals surface area contributed by atoms with E-state index < -0.39 is 24.2 Å². The normalized spacial score (nSPS) is 14.1. The van der Waals surface area contributed by atoms with E-state index in [1.165, 1.54) is 103 Å². The Morgan fingerprint density at radius 3 is 1.29 bits per heavy atom. The number of carbonyl (C=O) groups excluding carboxylic acids is 1. The fourth-order valence-electron chi connectivity index (χ4n) is 4.72. The molecule has 0 aliphatic heterocycles. The molecule has 35 heavy (non-hydrogen) atoms. The molecule has 0 rings (SSSR count). The highest BCUT2D eigenvalue weighted by atomic mass is 16.3. The third-order valence-electron chi connectivity index (χ3n) is 7.23. The van der Waals surface area contributed by atoms with Gasteiger partial charge in [-0.25, -0.2) is 0 Å². The van der Waals surface area contributed by atoms with Crippen LogP contribution in [0.25, 0.3) is 0 Å². The van der Waals surface area contributed by atoms with Crippen LogP contribution in [0, 0.1) is 0 Å². The summed E-state index contributed by atoms with van der Waals surface area (Å²) in [5.41, 5.74) is 0. The molecule has 5 heteroatoms. The molecule has 0 aliphatic rings. The SMILES string of the molecule is CCCCCCCCCCCCCCC(O)C(CO)NC(=O)C(O)CCCCCCCCCCC. The van der Waals surface area contributed by atoms with Crippen molar-refractivity contribution in [3.8, 4) is 0 Å². The number of rotatable bonds is 27. The van der Waals surface area contributed by atoms with Crippen molar-refractivity contribution in [2.24, 2.45) is 0 Å². The van der Waals surface area contributed by atoms with Gasteiger partial charge in [0.25, 0.3) is 0 Å². The van der Waals surface area contributed by atoms with Gasteiger partial charge in [-0.2, -0.15) is 0 Å². The summed E-state index contributed by atoms with van der Waals surface area (Å²) in [6, 6.07) is -0.701. The molecular weight excluding hydrogens is 438 g/mol. The van der Waals surface area contributed by atoms with E-state index >= 15 is 0 Å². The van der Waals surface area contributed by atoms with Gasteiger partial charge >= 0.3 is 0 Å². The van der Waals surface area contributed by atoms with Gasteiger partial charge in [0.05, 0.1) is 18.8 Å². The zero-order valence-corrected chi connectivity index (χ0v) is 23.5. The van der Waals surface area contributed by atoms with Gasteiger partial charge in [0, 0.05) is 0 Å². The zero-order valence-electron chi connectivity index (χ0n) is 23.5. The lowest BCUT2D eigenvalue weighted by Crippen LogP contribution is -2.49. The van der Waals surface area contributed by atoms with E-state index in [0.29, 0.717) is 12.8 Å². The number of nitrogens with one attached hydrogen (secondary N) is 1. The fourth-order valence-corrected chi connectivity index (χ4v) is 4.72. The van der Waals surface area contributed by atoms with Crippen LogP contribution in [0.5, 0.6) is 0 Å². The Hall–Kier alpha value is -0.650. The van der Waals surface area contributed by atoms with Crippen LogP contribution in [-0.4, -0.2) is 46.1 Å². The molecule has 0 aromatic carbocycles. The topological polar surface area (TPSA) is 89.8 Å². The van der Waals surface area contributed by atoms with Gasteiger partial charge in [0.1, 0.15) is 6.10 Å². The van der Waals surface area contributed by atoms with Gasteiger partial charge < -0.3 is 20.6 Å². The van der Waals surface area contributed by atoms with Crippen LogP contribution in [0.15, 0.2) is 0 Å². The molecule has 0 radical (unpaired) electrons. The molecule has 0 heterocycles. The van der Waals surface area contributed by atoms with Gasteiger partial charge in [-0.05, 0) is 12.8 Å². The van der Waals surface area contributed by atoms with Crippen LogP contribution in [0.4, 0.5) is 0 Å². The number of hydrogen-bond acceptors (Lipinski definition) is 4. The number of amides is 1. The molecule has 5 nitrogen and oxygen atoms in total. The number of carbonyl (C=O) groups is 1. The molecule has 3 unspecified atom stereocenters. The van der Waals surface area contributed by atoms with Crippen LogP contribution in [-0.2, 0) is 4.79 Å². The molecule has 0 saturated heterocycles. The highest BCUT2D eigenvalue weighted by Crippen LogP contribution is 2.15. The molecule has 0 aromatic heterocycles. The van der Waals surface area contributed by atoms with Crippen molar-refractivity contribution in [3.63, 3.8) is 0 Å². The van der Waals surface area contributed by atoms with Crippen LogP contribution < -0.4 is 5.32 Å². The summed E-state index contributed by atoms with van der Waals surface area (Å²) in [5, 5.41) is 32.8. The van der Waals surface area contributed by atoms with Crippen molar-refractivity contribution in [3.05, 3.63) is 0 Å². The highest BCUT2D eigenvalue weighted by Gasteiger charge is 2.23. The average Bonchev–Trinajstić information content (AvgIpc) is 2.86. The standard InChI is InChI=1S/C30H61NO4/c1-3-5-7-9-11-13-14-15-17-18-20-22-24-28(33)27(26-32)31-30(35)29(34)25-23-21-19-16-12-10-8-6-4-2/h27-29,32-34H,3-26H2,1-2H3,(H,31,35). The van der Waals surface area contributed by atoms with Crippen LogP contribution >= 0.6 is 0 Å². The zero-order chi connectivity index (χ0) is 26.0. The second-order valence-electron chi connectivity index (χ2n) is 10.7. The van der Waals surface area contributed by atoms with Gasteiger partial charge in [-0.3, -0.25) is 4.79 Å². The number of aliphatic hydroxyl groups is 3. The van der Waals surface area contributed by atoms with Crippen molar-refractivity contribution < 1.29 is 20.1 Å². The van der Waals surface area contributed by atoms with E-state index in [9.17, 15) is 20.1 Å². The van der Waals surface area contributed by atoms with E-state index in [-0.39, 0.29) is 6.61 Å². The van der Waals surface area contributed by atoms with E-state index in [1.807, 2.05) is 0 Å². The van der Waals surface area contributed by atoms with Crippen LogP contribution in [0.1, 0.15) is 162 Å².